The molecule has 3 atom stereocenters. The van der Waals surface area contributed by atoms with Gasteiger partial charge in [0.25, 0.3) is 0 Å². The second-order valence-electron chi connectivity index (χ2n) is 11.5. The highest BCUT2D eigenvalue weighted by Crippen LogP contribution is 2.52. The first-order valence-corrected chi connectivity index (χ1v) is 13.9. The van der Waals surface area contributed by atoms with E-state index in [0.29, 0.717) is 23.0 Å². The number of fused-ring (bicyclic) bond motifs is 1. The molecule has 2 rings (SSSR count). The third-order valence-corrected chi connectivity index (χ3v) is 7.44. The molecule has 0 radical (unpaired) electrons. The number of methoxy groups -OCH3 is 2. The van der Waals surface area contributed by atoms with Gasteiger partial charge in [0, 0.05) is 18.1 Å². The molecule has 0 bridgehead atoms. The lowest BCUT2D eigenvalue weighted by molar-refractivity contribution is -0.132. The summed E-state index contributed by atoms with van der Waals surface area (Å²) in [6, 6.07) is 0. The van der Waals surface area contributed by atoms with E-state index in [9.17, 15) is 4.79 Å². The average molecular weight is 503 g/mol. The second kappa shape index (κ2) is 13.9. The lowest BCUT2D eigenvalue weighted by Crippen LogP contribution is -2.32. The van der Waals surface area contributed by atoms with Crippen LogP contribution >= 0.6 is 0 Å². The van der Waals surface area contributed by atoms with Gasteiger partial charge in [-0.3, -0.25) is 4.79 Å². The van der Waals surface area contributed by atoms with Crippen molar-refractivity contribution in [3.05, 3.63) is 17.2 Å². The van der Waals surface area contributed by atoms with Gasteiger partial charge in [-0.1, -0.05) is 78.7 Å². The Hall–Kier alpha value is -2.17. The van der Waals surface area contributed by atoms with Crippen LogP contribution in [0.25, 0.3) is 6.08 Å². The van der Waals surface area contributed by atoms with Gasteiger partial charge in [0.1, 0.15) is 5.60 Å². The van der Waals surface area contributed by atoms with Crippen LogP contribution < -0.4 is 18.9 Å². The van der Waals surface area contributed by atoms with Crippen LogP contribution in [0.4, 0.5) is 0 Å². The molecule has 0 aromatic heterocycles. The summed E-state index contributed by atoms with van der Waals surface area (Å²) < 4.78 is 23.3. The van der Waals surface area contributed by atoms with Gasteiger partial charge in [-0.25, -0.2) is 0 Å². The number of rotatable bonds is 15. The van der Waals surface area contributed by atoms with E-state index < -0.39 is 11.6 Å². The van der Waals surface area contributed by atoms with Gasteiger partial charge in [-0.05, 0) is 50.5 Å². The van der Waals surface area contributed by atoms with E-state index in [4.69, 9.17) is 18.9 Å². The Labute approximate surface area is 219 Å². The van der Waals surface area contributed by atoms with Crippen molar-refractivity contribution in [1.29, 1.82) is 0 Å². The minimum Gasteiger partial charge on any atom is -0.490 e. The van der Waals surface area contributed by atoms with Crippen molar-refractivity contribution < 1.29 is 23.7 Å². The predicted molar refractivity (Wildman–Crippen MR) is 148 cm³/mol. The van der Waals surface area contributed by atoms with E-state index in [2.05, 4.69) is 46.8 Å². The molecule has 0 aliphatic carbocycles. The molecular formula is C31H50O5. The van der Waals surface area contributed by atoms with Crippen LogP contribution in [-0.2, 0) is 4.79 Å². The van der Waals surface area contributed by atoms with Crippen molar-refractivity contribution in [3.8, 4) is 23.0 Å². The number of hydrogen-bond acceptors (Lipinski definition) is 5. The van der Waals surface area contributed by atoms with Gasteiger partial charge >= 0.3 is 5.97 Å². The maximum absolute atomic E-state index is 11.7. The normalized spacial score (nSPS) is 18.4. The standard InChI is InChI=1S/C31H50O5/c1-21(2)13-10-14-22(3)15-11-16-23(4)17-12-19-31(7)20-18-26-24(5)27(35-25(6)32)29(33-8)30(34-9)28(26)36-31/h18,20-23H,10-17,19H2,1-9H3. The molecule has 5 heteroatoms. The lowest BCUT2D eigenvalue weighted by Gasteiger charge is -2.34. The van der Waals surface area contributed by atoms with Crippen LogP contribution in [0.2, 0.25) is 0 Å². The van der Waals surface area contributed by atoms with E-state index in [1.54, 1.807) is 14.2 Å². The van der Waals surface area contributed by atoms with Crippen LogP contribution in [0.15, 0.2) is 6.08 Å². The Kier molecular flexibility index (Phi) is 11.6. The largest absolute Gasteiger partial charge is 0.490 e. The first-order chi connectivity index (χ1) is 17.0. The Morgan fingerprint density at radius 3 is 1.97 bits per heavy atom. The zero-order valence-electron chi connectivity index (χ0n) is 24.3. The third-order valence-electron chi connectivity index (χ3n) is 7.44. The Morgan fingerprint density at radius 1 is 0.889 bits per heavy atom. The SMILES string of the molecule is COc1c(OC(C)=O)c(C)c2c(c1OC)OC(C)(CCCC(C)CCCC(C)CCCC(C)C)C=C2. The van der Waals surface area contributed by atoms with Crippen molar-refractivity contribution in [3.63, 3.8) is 0 Å². The number of benzene rings is 1. The highest BCUT2D eigenvalue weighted by molar-refractivity contribution is 5.80. The van der Waals surface area contributed by atoms with Crippen molar-refractivity contribution in [2.24, 2.45) is 17.8 Å². The van der Waals surface area contributed by atoms with E-state index in [-0.39, 0.29) is 0 Å². The predicted octanol–water partition coefficient (Wildman–Crippen LogP) is 8.54. The van der Waals surface area contributed by atoms with Gasteiger partial charge in [0.2, 0.25) is 11.5 Å². The summed E-state index contributed by atoms with van der Waals surface area (Å²) in [5.41, 5.74) is 1.23. The molecule has 1 aliphatic rings. The molecule has 0 amide bonds. The zero-order chi connectivity index (χ0) is 26.9. The lowest BCUT2D eigenvalue weighted by atomic mass is 9.89. The average Bonchev–Trinajstić information content (AvgIpc) is 2.80. The summed E-state index contributed by atoms with van der Waals surface area (Å²) in [5.74, 6) is 3.84. The Balaban J connectivity index is 1.93. The van der Waals surface area contributed by atoms with E-state index >= 15 is 0 Å². The molecule has 204 valence electrons. The molecule has 0 spiro atoms. The summed E-state index contributed by atoms with van der Waals surface area (Å²) >= 11 is 0. The molecule has 1 aliphatic heterocycles. The fraction of sp³-hybridized carbons (Fsp3) is 0.710. The van der Waals surface area contributed by atoms with Crippen molar-refractivity contribution >= 4 is 12.0 Å². The fourth-order valence-electron chi connectivity index (χ4n) is 5.17. The minimum absolute atomic E-state index is 0.375. The second-order valence-corrected chi connectivity index (χ2v) is 11.5. The molecule has 1 aromatic carbocycles. The van der Waals surface area contributed by atoms with Gasteiger partial charge in [-0.15, -0.1) is 0 Å². The highest BCUT2D eigenvalue weighted by atomic mass is 16.6. The summed E-state index contributed by atoms with van der Waals surface area (Å²) in [4.78, 5) is 11.7. The van der Waals surface area contributed by atoms with Gasteiger partial charge in [0.15, 0.2) is 11.5 Å². The number of carbonyl (C=O) groups excluding carboxylic acids is 1. The summed E-state index contributed by atoms with van der Waals surface area (Å²) in [6.45, 7) is 14.8. The van der Waals surface area contributed by atoms with Crippen LogP contribution in [0.3, 0.4) is 0 Å². The van der Waals surface area contributed by atoms with Crippen molar-refractivity contribution in [1.82, 2.24) is 0 Å². The topological polar surface area (TPSA) is 54.0 Å². The molecule has 0 saturated carbocycles. The number of carbonyl (C=O) groups is 1. The van der Waals surface area contributed by atoms with E-state index in [0.717, 1.165) is 41.7 Å². The Bertz CT molecular complexity index is 888. The van der Waals surface area contributed by atoms with E-state index in [1.165, 1.54) is 51.9 Å². The Morgan fingerprint density at radius 2 is 1.44 bits per heavy atom. The first kappa shape index (κ1) is 30.1. The van der Waals surface area contributed by atoms with Gasteiger partial charge < -0.3 is 18.9 Å². The fourth-order valence-corrected chi connectivity index (χ4v) is 5.17. The quantitative estimate of drug-likeness (QED) is 0.178. The first-order valence-electron chi connectivity index (χ1n) is 13.9. The third kappa shape index (κ3) is 8.45. The van der Waals surface area contributed by atoms with E-state index in [1.807, 2.05) is 6.92 Å². The van der Waals surface area contributed by atoms with Crippen molar-refractivity contribution in [2.75, 3.05) is 14.2 Å². The molecule has 1 aromatic rings. The number of esters is 1. The molecule has 0 fully saturated rings. The smallest absolute Gasteiger partial charge is 0.308 e. The van der Waals surface area contributed by atoms with Crippen LogP contribution in [-0.4, -0.2) is 25.8 Å². The summed E-state index contributed by atoms with van der Waals surface area (Å²) in [5, 5.41) is 0. The maximum atomic E-state index is 11.7. The van der Waals surface area contributed by atoms with Crippen molar-refractivity contribution in [2.45, 2.75) is 112 Å². The molecule has 0 N–H and O–H groups in total. The zero-order valence-corrected chi connectivity index (χ0v) is 24.3. The molecule has 1 heterocycles. The monoisotopic (exact) mass is 502 g/mol. The molecule has 36 heavy (non-hydrogen) atoms. The van der Waals surface area contributed by atoms with Crippen LogP contribution in [0.5, 0.6) is 23.0 Å². The highest BCUT2D eigenvalue weighted by Gasteiger charge is 2.34. The number of hydrogen-bond donors (Lipinski definition) is 0. The minimum atomic E-state index is -0.425. The summed E-state index contributed by atoms with van der Waals surface area (Å²) in [7, 11) is 3.12. The van der Waals surface area contributed by atoms with Crippen LogP contribution in [0, 0.1) is 24.7 Å². The summed E-state index contributed by atoms with van der Waals surface area (Å²) in [6.07, 6.45) is 15.5. The molecule has 3 unspecified atom stereocenters. The van der Waals surface area contributed by atoms with Gasteiger partial charge in [0.05, 0.1) is 14.2 Å². The molecule has 0 saturated heterocycles. The maximum Gasteiger partial charge on any atom is 0.308 e. The number of ether oxygens (including phenoxy) is 4. The molecule has 5 nitrogen and oxygen atoms in total. The van der Waals surface area contributed by atoms with Gasteiger partial charge in [-0.2, -0.15) is 0 Å². The molecular weight excluding hydrogens is 452 g/mol. The van der Waals surface area contributed by atoms with Crippen LogP contribution in [0.1, 0.15) is 110 Å².